The van der Waals surface area contributed by atoms with Crippen molar-refractivity contribution >= 4 is 43.8 Å². The molecule has 0 spiro atoms. The molecule has 20 heavy (non-hydrogen) atoms. The van der Waals surface area contributed by atoms with E-state index in [1.54, 1.807) is 12.1 Å². The summed E-state index contributed by atoms with van der Waals surface area (Å²) in [7, 11) is 0. The van der Waals surface area contributed by atoms with Crippen molar-refractivity contribution in [3.63, 3.8) is 0 Å². The lowest BCUT2D eigenvalue weighted by atomic mass is 10.1. The molecule has 0 amide bonds. The van der Waals surface area contributed by atoms with Crippen molar-refractivity contribution in [3.8, 4) is 0 Å². The van der Waals surface area contributed by atoms with Gasteiger partial charge in [0.15, 0.2) is 0 Å². The molecule has 1 aromatic carbocycles. The molecule has 0 radical (unpaired) electrons. The molecule has 0 aliphatic carbocycles. The summed E-state index contributed by atoms with van der Waals surface area (Å²) in [6.45, 7) is 4.42. The standard InChI is InChI=1S/C14H16Br2O4/c1-3-7-19-13(17)11-9(15)5-6-10(16)12(11)14(18)20-8-4-2/h5-6H,3-4,7-8H2,1-2H3. The van der Waals surface area contributed by atoms with E-state index in [0.29, 0.717) is 35.0 Å². The van der Waals surface area contributed by atoms with E-state index in [-0.39, 0.29) is 11.1 Å². The smallest absolute Gasteiger partial charge is 0.340 e. The summed E-state index contributed by atoms with van der Waals surface area (Å²) in [6.07, 6.45) is 1.43. The lowest BCUT2D eigenvalue weighted by Crippen LogP contribution is -2.16. The van der Waals surface area contributed by atoms with Crippen LogP contribution in [0.1, 0.15) is 47.4 Å². The summed E-state index contributed by atoms with van der Waals surface area (Å²) in [5, 5.41) is 0. The summed E-state index contributed by atoms with van der Waals surface area (Å²) < 4.78 is 11.2. The van der Waals surface area contributed by atoms with E-state index in [1.165, 1.54) is 0 Å². The van der Waals surface area contributed by atoms with Crippen molar-refractivity contribution in [1.29, 1.82) is 0 Å². The van der Waals surface area contributed by atoms with Gasteiger partial charge in [-0.05, 0) is 56.8 Å². The van der Waals surface area contributed by atoms with Crippen LogP contribution < -0.4 is 0 Å². The van der Waals surface area contributed by atoms with Crippen LogP contribution in [-0.4, -0.2) is 25.2 Å². The third-order valence-corrected chi connectivity index (χ3v) is 3.71. The van der Waals surface area contributed by atoms with Crippen molar-refractivity contribution in [2.75, 3.05) is 13.2 Å². The van der Waals surface area contributed by atoms with Gasteiger partial charge in [0, 0.05) is 8.95 Å². The van der Waals surface area contributed by atoms with E-state index >= 15 is 0 Å². The third kappa shape index (κ3) is 4.31. The van der Waals surface area contributed by atoms with E-state index in [0.717, 1.165) is 0 Å². The van der Waals surface area contributed by atoms with Gasteiger partial charge < -0.3 is 9.47 Å². The molecule has 1 rings (SSSR count). The van der Waals surface area contributed by atoms with Crippen molar-refractivity contribution in [2.45, 2.75) is 26.7 Å². The fraction of sp³-hybridized carbons (Fsp3) is 0.429. The van der Waals surface area contributed by atoms with Gasteiger partial charge in [0.25, 0.3) is 0 Å². The van der Waals surface area contributed by atoms with Gasteiger partial charge in [-0.3, -0.25) is 0 Å². The predicted molar refractivity (Wildman–Crippen MR) is 83.0 cm³/mol. The zero-order chi connectivity index (χ0) is 15.1. The molecule has 0 heterocycles. The second-order valence-corrected chi connectivity index (χ2v) is 5.76. The third-order valence-electron chi connectivity index (χ3n) is 2.39. The van der Waals surface area contributed by atoms with Crippen LogP contribution in [0.15, 0.2) is 21.1 Å². The molecular weight excluding hydrogens is 392 g/mol. The van der Waals surface area contributed by atoms with E-state index in [4.69, 9.17) is 9.47 Å². The molecule has 110 valence electrons. The summed E-state index contributed by atoms with van der Waals surface area (Å²) in [5.74, 6) is -1.08. The highest BCUT2D eigenvalue weighted by Crippen LogP contribution is 2.29. The monoisotopic (exact) mass is 406 g/mol. The van der Waals surface area contributed by atoms with Crippen molar-refractivity contribution < 1.29 is 19.1 Å². The van der Waals surface area contributed by atoms with E-state index in [1.807, 2.05) is 13.8 Å². The lowest BCUT2D eigenvalue weighted by Gasteiger charge is -2.12. The first-order valence-electron chi connectivity index (χ1n) is 6.35. The normalized spacial score (nSPS) is 10.2. The van der Waals surface area contributed by atoms with Crippen LogP contribution >= 0.6 is 31.9 Å². The maximum absolute atomic E-state index is 12.1. The number of carbonyl (C=O) groups is 2. The number of hydrogen-bond acceptors (Lipinski definition) is 4. The number of esters is 2. The van der Waals surface area contributed by atoms with E-state index < -0.39 is 11.9 Å². The fourth-order valence-electron chi connectivity index (χ4n) is 1.48. The van der Waals surface area contributed by atoms with Crippen LogP contribution in [0.5, 0.6) is 0 Å². The largest absolute Gasteiger partial charge is 0.462 e. The molecule has 0 aromatic heterocycles. The first-order chi connectivity index (χ1) is 9.52. The molecule has 0 saturated carbocycles. The first kappa shape index (κ1) is 17.2. The summed E-state index contributed by atoms with van der Waals surface area (Å²) in [6, 6.07) is 3.37. The summed E-state index contributed by atoms with van der Waals surface area (Å²) >= 11 is 6.56. The molecule has 0 atom stereocenters. The minimum atomic E-state index is -0.538. The average molecular weight is 408 g/mol. The zero-order valence-electron chi connectivity index (χ0n) is 11.4. The van der Waals surface area contributed by atoms with Crippen LogP contribution in [0.25, 0.3) is 0 Å². The average Bonchev–Trinajstić information content (AvgIpc) is 2.44. The Morgan fingerprint density at radius 2 is 1.25 bits per heavy atom. The van der Waals surface area contributed by atoms with E-state index in [2.05, 4.69) is 31.9 Å². The maximum atomic E-state index is 12.1. The van der Waals surface area contributed by atoms with Crippen LogP contribution in [0.4, 0.5) is 0 Å². The fourth-order valence-corrected chi connectivity index (χ4v) is 2.47. The quantitative estimate of drug-likeness (QED) is 0.658. The minimum Gasteiger partial charge on any atom is -0.462 e. The Labute approximate surface area is 135 Å². The van der Waals surface area contributed by atoms with Gasteiger partial charge >= 0.3 is 11.9 Å². The van der Waals surface area contributed by atoms with Gasteiger partial charge in [0.05, 0.1) is 24.3 Å². The SMILES string of the molecule is CCCOC(=O)c1c(Br)ccc(Br)c1C(=O)OCCC. The highest BCUT2D eigenvalue weighted by molar-refractivity contribution is 9.11. The van der Waals surface area contributed by atoms with Gasteiger partial charge in [-0.15, -0.1) is 0 Å². The summed E-state index contributed by atoms with van der Waals surface area (Å²) in [5.41, 5.74) is 0.378. The van der Waals surface area contributed by atoms with Crippen LogP contribution in [0.3, 0.4) is 0 Å². The zero-order valence-corrected chi connectivity index (χ0v) is 14.5. The molecule has 0 bridgehead atoms. The Hall–Kier alpha value is -0.880. The first-order valence-corrected chi connectivity index (χ1v) is 7.93. The highest BCUT2D eigenvalue weighted by Gasteiger charge is 2.25. The van der Waals surface area contributed by atoms with Gasteiger partial charge in [-0.2, -0.15) is 0 Å². The highest BCUT2D eigenvalue weighted by atomic mass is 79.9. The topological polar surface area (TPSA) is 52.6 Å². The Balaban J connectivity index is 3.17. The number of benzene rings is 1. The van der Waals surface area contributed by atoms with Crippen molar-refractivity contribution in [1.82, 2.24) is 0 Å². The van der Waals surface area contributed by atoms with Crippen molar-refractivity contribution in [3.05, 3.63) is 32.2 Å². The molecule has 0 aliphatic rings. The Morgan fingerprint density at radius 3 is 1.55 bits per heavy atom. The number of halogens is 2. The maximum Gasteiger partial charge on any atom is 0.340 e. The predicted octanol–water partition coefficient (Wildman–Crippen LogP) is 4.35. The molecule has 0 fully saturated rings. The summed E-state index contributed by atoms with van der Waals surface area (Å²) in [4.78, 5) is 24.2. The Kier molecular flexibility index (Phi) is 7.23. The molecule has 0 unspecified atom stereocenters. The Morgan fingerprint density at radius 1 is 0.900 bits per heavy atom. The molecule has 6 heteroatoms. The molecule has 4 nitrogen and oxygen atoms in total. The lowest BCUT2D eigenvalue weighted by molar-refractivity contribution is 0.0456. The van der Waals surface area contributed by atoms with Crippen LogP contribution in [0.2, 0.25) is 0 Å². The Bertz CT molecular complexity index is 455. The van der Waals surface area contributed by atoms with Crippen LogP contribution in [-0.2, 0) is 9.47 Å². The number of rotatable bonds is 6. The van der Waals surface area contributed by atoms with Gasteiger partial charge in [-0.1, -0.05) is 13.8 Å². The van der Waals surface area contributed by atoms with Crippen LogP contribution in [0, 0.1) is 0 Å². The molecule has 1 aromatic rings. The van der Waals surface area contributed by atoms with Gasteiger partial charge in [-0.25, -0.2) is 9.59 Å². The molecule has 0 saturated heterocycles. The number of carbonyl (C=O) groups excluding carboxylic acids is 2. The second kappa shape index (κ2) is 8.42. The number of ether oxygens (including phenoxy) is 2. The molecule has 0 aliphatic heterocycles. The van der Waals surface area contributed by atoms with Gasteiger partial charge in [0.2, 0.25) is 0 Å². The second-order valence-electron chi connectivity index (χ2n) is 4.05. The molecular formula is C14H16Br2O4. The van der Waals surface area contributed by atoms with E-state index in [9.17, 15) is 9.59 Å². The number of hydrogen-bond donors (Lipinski definition) is 0. The minimum absolute atomic E-state index is 0.189. The van der Waals surface area contributed by atoms with Crippen molar-refractivity contribution in [2.24, 2.45) is 0 Å². The van der Waals surface area contributed by atoms with Gasteiger partial charge in [0.1, 0.15) is 0 Å². The molecule has 0 N–H and O–H groups in total.